The summed E-state index contributed by atoms with van der Waals surface area (Å²) < 4.78 is 0. The first-order chi connectivity index (χ1) is 12.1. The second-order valence-electron chi connectivity index (χ2n) is 6.72. The SMILES string of the molecule is CC(C)[C@@H]1C=CCN1C(=O)c1cccc(-c2nc[nH+]c3[nH]ccc23)c1. The predicted molar refractivity (Wildman–Crippen MR) is 96.9 cm³/mol. The van der Waals surface area contributed by atoms with Gasteiger partial charge in [-0.3, -0.25) is 9.78 Å². The van der Waals surface area contributed by atoms with Crippen LogP contribution < -0.4 is 4.98 Å². The van der Waals surface area contributed by atoms with E-state index in [2.05, 4.69) is 41.0 Å². The van der Waals surface area contributed by atoms with Gasteiger partial charge in [-0.15, -0.1) is 4.98 Å². The number of hydrogen-bond donors (Lipinski definition) is 1. The van der Waals surface area contributed by atoms with E-state index in [9.17, 15) is 4.79 Å². The van der Waals surface area contributed by atoms with Crippen molar-refractivity contribution in [3.05, 3.63) is 60.6 Å². The monoisotopic (exact) mass is 333 g/mol. The van der Waals surface area contributed by atoms with Crippen LogP contribution in [-0.2, 0) is 0 Å². The van der Waals surface area contributed by atoms with Crippen molar-refractivity contribution in [1.82, 2.24) is 14.9 Å². The maximum atomic E-state index is 13.0. The molecule has 3 heterocycles. The highest BCUT2D eigenvalue weighted by molar-refractivity contribution is 5.97. The van der Waals surface area contributed by atoms with E-state index in [0.29, 0.717) is 18.0 Å². The van der Waals surface area contributed by atoms with Crippen molar-refractivity contribution in [2.24, 2.45) is 5.92 Å². The van der Waals surface area contributed by atoms with Gasteiger partial charge in [0, 0.05) is 17.7 Å². The van der Waals surface area contributed by atoms with Crippen molar-refractivity contribution in [1.29, 1.82) is 0 Å². The summed E-state index contributed by atoms with van der Waals surface area (Å²) in [4.78, 5) is 25.7. The van der Waals surface area contributed by atoms with Crippen LogP contribution in [0.4, 0.5) is 0 Å². The van der Waals surface area contributed by atoms with E-state index in [1.165, 1.54) is 0 Å². The Labute approximate surface area is 146 Å². The van der Waals surface area contributed by atoms with E-state index in [1.807, 2.05) is 41.4 Å². The van der Waals surface area contributed by atoms with Crippen molar-refractivity contribution in [3.63, 3.8) is 0 Å². The largest absolute Gasteiger partial charge is 0.328 e. The third kappa shape index (κ3) is 2.71. The molecule has 3 aromatic rings. The molecule has 0 aliphatic carbocycles. The number of fused-ring (bicyclic) bond motifs is 1. The van der Waals surface area contributed by atoms with Crippen LogP contribution in [-0.4, -0.2) is 33.4 Å². The number of aromatic amines is 2. The van der Waals surface area contributed by atoms with Crippen molar-refractivity contribution in [3.8, 4) is 11.3 Å². The molecule has 1 aromatic carbocycles. The Morgan fingerprint density at radius 2 is 2.24 bits per heavy atom. The number of H-pyrrole nitrogens is 2. The first-order valence-electron chi connectivity index (χ1n) is 8.57. The molecule has 1 atom stereocenters. The summed E-state index contributed by atoms with van der Waals surface area (Å²) in [7, 11) is 0. The molecule has 5 heteroatoms. The highest BCUT2D eigenvalue weighted by Gasteiger charge is 2.28. The van der Waals surface area contributed by atoms with E-state index in [1.54, 1.807) is 6.33 Å². The molecule has 0 radical (unpaired) electrons. The van der Waals surface area contributed by atoms with Crippen LogP contribution in [0.15, 0.2) is 55.0 Å². The van der Waals surface area contributed by atoms with Crippen LogP contribution in [0.3, 0.4) is 0 Å². The zero-order chi connectivity index (χ0) is 17.4. The van der Waals surface area contributed by atoms with E-state index < -0.39 is 0 Å². The Morgan fingerprint density at radius 1 is 1.36 bits per heavy atom. The zero-order valence-electron chi connectivity index (χ0n) is 14.4. The van der Waals surface area contributed by atoms with E-state index in [4.69, 9.17) is 0 Å². The molecule has 0 bridgehead atoms. The van der Waals surface area contributed by atoms with Gasteiger partial charge in [-0.1, -0.05) is 38.1 Å². The topological polar surface area (TPSA) is 63.1 Å². The number of rotatable bonds is 3. The third-order valence-corrected chi connectivity index (χ3v) is 4.73. The molecule has 4 rings (SSSR count). The molecular formula is C20H21N4O+. The molecule has 0 spiro atoms. The fraction of sp³-hybridized carbons (Fsp3) is 0.250. The summed E-state index contributed by atoms with van der Waals surface area (Å²) in [6, 6.07) is 9.89. The van der Waals surface area contributed by atoms with Gasteiger partial charge in [0.15, 0.2) is 5.69 Å². The van der Waals surface area contributed by atoms with Crippen LogP contribution in [0.2, 0.25) is 0 Å². The number of carbonyl (C=O) groups is 1. The average molecular weight is 333 g/mol. The molecule has 2 aromatic heterocycles. The van der Waals surface area contributed by atoms with Crippen LogP contribution in [0.1, 0.15) is 24.2 Å². The number of hydrogen-bond acceptors (Lipinski definition) is 2. The minimum Gasteiger partial charge on any atom is -0.328 e. The van der Waals surface area contributed by atoms with E-state index in [-0.39, 0.29) is 11.9 Å². The average Bonchev–Trinajstić information content (AvgIpc) is 3.30. The standard InChI is InChI=1S/C20H20N4O/c1-13(2)17-7-4-10-24(17)20(25)15-6-3-5-14(11-15)18-16-8-9-21-19(16)23-12-22-18/h3-9,11-13,17H,10H2,1-2H3,(H,21,22,23)/p+1/t17-/m0/s1. The van der Waals surface area contributed by atoms with Crippen LogP contribution in [0, 0.1) is 5.92 Å². The number of benzene rings is 1. The van der Waals surface area contributed by atoms with Gasteiger partial charge >= 0.3 is 0 Å². The van der Waals surface area contributed by atoms with Crippen molar-refractivity contribution >= 4 is 16.9 Å². The second-order valence-corrected chi connectivity index (χ2v) is 6.72. The van der Waals surface area contributed by atoms with Crippen LogP contribution in [0.5, 0.6) is 0 Å². The van der Waals surface area contributed by atoms with Gasteiger partial charge in [0.2, 0.25) is 12.0 Å². The number of amides is 1. The van der Waals surface area contributed by atoms with Gasteiger partial charge < -0.3 is 4.90 Å². The summed E-state index contributed by atoms with van der Waals surface area (Å²) in [6.45, 7) is 4.96. The summed E-state index contributed by atoms with van der Waals surface area (Å²) in [5.74, 6) is 0.468. The van der Waals surface area contributed by atoms with Gasteiger partial charge in [-0.25, -0.2) is 4.98 Å². The summed E-state index contributed by atoms with van der Waals surface area (Å²) in [5, 5.41) is 1.01. The second kappa shape index (κ2) is 6.16. The lowest BCUT2D eigenvalue weighted by atomic mass is 10.0. The van der Waals surface area contributed by atoms with Crippen LogP contribution >= 0.6 is 0 Å². The molecule has 126 valence electrons. The fourth-order valence-electron chi connectivity index (χ4n) is 3.45. The number of aromatic nitrogens is 3. The summed E-state index contributed by atoms with van der Waals surface area (Å²) >= 11 is 0. The van der Waals surface area contributed by atoms with Crippen molar-refractivity contribution < 1.29 is 9.78 Å². The summed E-state index contributed by atoms with van der Waals surface area (Å²) in [6.07, 6.45) is 7.75. The molecule has 25 heavy (non-hydrogen) atoms. The first kappa shape index (κ1) is 15.6. The first-order valence-corrected chi connectivity index (χ1v) is 8.57. The van der Waals surface area contributed by atoms with Crippen molar-refractivity contribution in [2.45, 2.75) is 19.9 Å². The number of nitrogens with zero attached hydrogens (tertiary/aromatic N) is 2. The molecule has 1 aliphatic rings. The van der Waals surface area contributed by atoms with Gasteiger partial charge in [-0.05, 0) is 24.1 Å². The lowest BCUT2D eigenvalue weighted by molar-refractivity contribution is -0.352. The third-order valence-electron chi connectivity index (χ3n) is 4.73. The van der Waals surface area contributed by atoms with Crippen molar-refractivity contribution in [2.75, 3.05) is 6.54 Å². The Bertz CT molecular complexity index is 957. The molecule has 5 nitrogen and oxygen atoms in total. The molecule has 1 amide bonds. The molecular weight excluding hydrogens is 312 g/mol. The smallest absolute Gasteiger partial charge is 0.254 e. The van der Waals surface area contributed by atoms with E-state index in [0.717, 1.165) is 22.3 Å². The Morgan fingerprint density at radius 3 is 3.08 bits per heavy atom. The lowest BCUT2D eigenvalue weighted by Gasteiger charge is -2.27. The van der Waals surface area contributed by atoms with Gasteiger partial charge in [-0.2, -0.15) is 0 Å². The molecule has 0 saturated heterocycles. The fourth-order valence-corrected chi connectivity index (χ4v) is 3.45. The molecule has 0 unspecified atom stereocenters. The highest BCUT2D eigenvalue weighted by Crippen LogP contribution is 2.26. The quantitative estimate of drug-likeness (QED) is 0.749. The number of nitrogens with one attached hydrogen (secondary N) is 2. The maximum Gasteiger partial charge on any atom is 0.254 e. The van der Waals surface area contributed by atoms with Gasteiger partial charge in [0.1, 0.15) is 0 Å². The Hall–Kier alpha value is -2.95. The van der Waals surface area contributed by atoms with Crippen LogP contribution in [0.25, 0.3) is 22.3 Å². The maximum absolute atomic E-state index is 13.0. The molecule has 0 fully saturated rings. The minimum absolute atomic E-state index is 0.0679. The Balaban J connectivity index is 1.70. The minimum atomic E-state index is 0.0679. The van der Waals surface area contributed by atoms with Gasteiger partial charge in [0.25, 0.3) is 5.91 Å². The normalized spacial score (nSPS) is 16.9. The number of carbonyl (C=O) groups excluding carboxylic acids is 1. The molecule has 0 saturated carbocycles. The predicted octanol–water partition coefficient (Wildman–Crippen LogP) is 3.08. The lowest BCUT2D eigenvalue weighted by Crippen LogP contribution is -2.39. The summed E-state index contributed by atoms with van der Waals surface area (Å²) in [5.41, 5.74) is 3.43. The molecule has 2 N–H and O–H groups in total. The van der Waals surface area contributed by atoms with E-state index >= 15 is 0 Å². The highest BCUT2D eigenvalue weighted by atomic mass is 16.2. The molecule has 1 aliphatic heterocycles. The van der Waals surface area contributed by atoms with Gasteiger partial charge in [0.05, 0.1) is 17.6 Å². The Kier molecular flexibility index (Phi) is 3.84. The zero-order valence-corrected chi connectivity index (χ0v) is 14.4.